The summed E-state index contributed by atoms with van der Waals surface area (Å²) in [6.45, 7) is 0.605. The maximum atomic E-state index is 11.8. The predicted molar refractivity (Wildman–Crippen MR) is 122 cm³/mol. The summed E-state index contributed by atoms with van der Waals surface area (Å²) in [6.07, 6.45) is 6.09. The summed E-state index contributed by atoms with van der Waals surface area (Å²) >= 11 is 0. The molecule has 0 saturated heterocycles. The number of pyridine rings is 1. The third-order valence-corrected chi connectivity index (χ3v) is 6.83. The van der Waals surface area contributed by atoms with Crippen LogP contribution in [0, 0.1) is 0 Å². The number of ether oxygens (including phenoxy) is 1. The Hall–Kier alpha value is -3.66. The standard InChI is InChI=1S/C23H22N4O5S/c28-23(29)18-15-19(32-12-9-26-10-13-33(30,31)14-11-26)20-21(16-5-4-6-16)25-27(22(20)24-18)17-7-2-1-3-8-17/h1-3,7-8,10-11,13-16H,4-6,9,12H2,(H,28,29). The zero-order valence-electron chi connectivity index (χ0n) is 17.7. The molecule has 0 spiro atoms. The Kier molecular flexibility index (Phi) is 5.37. The lowest BCUT2D eigenvalue weighted by atomic mass is 9.82. The molecule has 10 heteroatoms. The molecule has 170 valence electrons. The van der Waals surface area contributed by atoms with E-state index in [-0.39, 0.29) is 18.2 Å². The summed E-state index contributed by atoms with van der Waals surface area (Å²) in [5.74, 6) is -0.464. The molecule has 2 aliphatic rings. The summed E-state index contributed by atoms with van der Waals surface area (Å²) in [4.78, 5) is 17.9. The summed E-state index contributed by atoms with van der Waals surface area (Å²) < 4.78 is 30.7. The van der Waals surface area contributed by atoms with Gasteiger partial charge in [0.15, 0.2) is 21.2 Å². The summed E-state index contributed by atoms with van der Waals surface area (Å²) in [5, 5.41) is 17.5. The zero-order chi connectivity index (χ0) is 23.0. The lowest BCUT2D eigenvalue weighted by molar-refractivity contribution is 0.0690. The quantitative estimate of drug-likeness (QED) is 0.563. The first kappa shape index (κ1) is 21.2. The van der Waals surface area contributed by atoms with Gasteiger partial charge >= 0.3 is 5.97 Å². The van der Waals surface area contributed by atoms with Gasteiger partial charge in [-0.15, -0.1) is 0 Å². The van der Waals surface area contributed by atoms with Gasteiger partial charge in [-0.25, -0.2) is 22.9 Å². The highest BCUT2D eigenvalue weighted by atomic mass is 32.2. The Balaban J connectivity index is 1.53. The van der Waals surface area contributed by atoms with Gasteiger partial charge in [-0.1, -0.05) is 24.6 Å². The zero-order valence-corrected chi connectivity index (χ0v) is 18.5. The molecule has 3 aromatic rings. The maximum Gasteiger partial charge on any atom is 0.354 e. The highest BCUT2D eigenvalue weighted by molar-refractivity contribution is 7.97. The van der Waals surface area contributed by atoms with Crippen molar-refractivity contribution >= 4 is 26.8 Å². The van der Waals surface area contributed by atoms with E-state index in [1.807, 2.05) is 30.3 Å². The van der Waals surface area contributed by atoms with E-state index in [1.54, 1.807) is 9.58 Å². The Labute approximate surface area is 190 Å². The van der Waals surface area contributed by atoms with Gasteiger partial charge in [-0.3, -0.25) is 0 Å². The van der Waals surface area contributed by atoms with Crippen molar-refractivity contribution in [2.75, 3.05) is 13.2 Å². The smallest absolute Gasteiger partial charge is 0.354 e. The molecule has 5 rings (SSSR count). The van der Waals surface area contributed by atoms with Crippen LogP contribution in [-0.4, -0.2) is 52.3 Å². The molecular weight excluding hydrogens is 444 g/mol. The van der Waals surface area contributed by atoms with E-state index in [1.165, 1.54) is 18.5 Å². The van der Waals surface area contributed by atoms with Gasteiger partial charge in [0.1, 0.15) is 12.4 Å². The number of nitrogens with zero attached hydrogens (tertiary/aromatic N) is 4. The number of aromatic nitrogens is 3. The Bertz CT molecular complexity index is 1350. The number of hydrogen-bond donors (Lipinski definition) is 1. The van der Waals surface area contributed by atoms with Crippen LogP contribution in [0.2, 0.25) is 0 Å². The van der Waals surface area contributed by atoms with Crippen LogP contribution >= 0.6 is 0 Å². The summed E-state index contributed by atoms with van der Waals surface area (Å²) in [6, 6.07) is 10.9. The van der Waals surface area contributed by atoms with Crippen molar-refractivity contribution in [1.29, 1.82) is 0 Å². The Morgan fingerprint density at radius 2 is 1.88 bits per heavy atom. The number of fused-ring (bicyclic) bond motifs is 1. The van der Waals surface area contributed by atoms with E-state index >= 15 is 0 Å². The molecule has 1 aromatic carbocycles. The fraction of sp³-hybridized carbons (Fsp3) is 0.261. The van der Waals surface area contributed by atoms with E-state index in [9.17, 15) is 18.3 Å². The third-order valence-electron chi connectivity index (χ3n) is 5.83. The van der Waals surface area contributed by atoms with Crippen molar-refractivity contribution in [2.24, 2.45) is 0 Å². The van der Waals surface area contributed by atoms with Crippen LogP contribution in [0.3, 0.4) is 0 Å². The van der Waals surface area contributed by atoms with Crippen molar-refractivity contribution < 1.29 is 23.1 Å². The van der Waals surface area contributed by atoms with Crippen LogP contribution < -0.4 is 4.74 Å². The molecule has 0 atom stereocenters. The third kappa shape index (κ3) is 4.21. The number of carboxylic acids is 1. The van der Waals surface area contributed by atoms with E-state index < -0.39 is 15.8 Å². The summed E-state index contributed by atoms with van der Waals surface area (Å²) in [7, 11) is -3.30. The van der Waals surface area contributed by atoms with Crippen molar-refractivity contribution in [1.82, 2.24) is 19.7 Å². The molecule has 2 aromatic heterocycles. The number of carboxylic acid groups (broad SMARTS) is 1. The Morgan fingerprint density at radius 3 is 2.52 bits per heavy atom. The first-order valence-corrected chi connectivity index (χ1v) is 12.2. The van der Waals surface area contributed by atoms with Gasteiger partial charge in [0.25, 0.3) is 0 Å². The minimum atomic E-state index is -3.30. The molecule has 0 amide bonds. The molecule has 1 fully saturated rings. The van der Waals surface area contributed by atoms with Crippen LogP contribution in [0.5, 0.6) is 5.75 Å². The van der Waals surface area contributed by atoms with Crippen molar-refractivity contribution in [3.8, 4) is 11.4 Å². The lowest BCUT2D eigenvalue weighted by Crippen LogP contribution is -2.21. The molecule has 0 unspecified atom stereocenters. The number of carbonyl (C=O) groups is 1. The van der Waals surface area contributed by atoms with Crippen LogP contribution in [-0.2, 0) is 9.84 Å². The van der Waals surface area contributed by atoms with Crippen molar-refractivity contribution in [3.63, 3.8) is 0 Å². The first-order valence-electron chi connectivity index (χ1n) is 10.6. The topological polar surface area (TPSA) is 115 Å². The fourth-order valence-electron chi connectivity index (χ4n) is 3.88. The largest absolute Gasteiger partial charge is 0.491 e. The average molecular weight is 467 g/mol. The molecule has 33 heavy (non-hydrogen) atoms. The van der Waals surface area contributed by atoms with Gasteiger partial charge in [0.2, 0.25) is 0 Å². The molecule has 0 bridgehead atoms. The minimum absolute atomic E-state index is 0.126. The lowest BCUT2D eigenvalue weighted by Gasteiger charge is -2.24. The number of para-hydroxylation sites is 1. The molecule has 1 N–H and O–H groups in total. The van der Waals surface area contributed by atoms with Gasteiger partial charge in [0.05, 0.1) is 34.1 Å². The number of aromatic carboxylic acids is 1. The second-order valence-electron chi connectivity index (χ2n) is 8.02. The van der Waals surface area contributed by atoms with Crippen LogP contribution in [0.25, 0.3) is 16.7 Å². The van der Waals surface area contributed by atoms with Gasteiger partial charge in [-0.2, -0.15) is 5.10 Å². The number of rotatable bonds is 7. The Morgan fingerprint density at radius 1 is 1.15 bits per heavy atom. The number of benzene rings is 1. The van der Waals surface area contributed by atoms with Crippen LogP contribution in [0.4, 0.5) is 0 Å². The first-order chi connectivity index (χ1) is 15.9. The minimum Gasteiger partial charge on any atom is -0.491 e. The van der Waals surface area contributed by atoms with Crippen LogP contribution in [0.1, 0.15) is 41.4 Å². The highest BCUT2D eigenvalue weighted by Crippen LogP contribution is 2.42. The van der Waals surface area contributed by atoms with Crippen molar-refractivity contribution in [2.45, 2.75) is 25.2 Å². The van der Waals surface area contributed by atoms with Crippen molar-refractivity contribution in [3.05, 3.63) is 71.0 Å². The summed E-state index contributed by atoms with van der Waals surface area (Å²) in [5.41, 5.74) is 1.97. The second-order valence-corrected chi connectivity index (χ2v) is 9.74. The predicted octanol–water partition coefficient (Wildman–Crippen LogP) is 3.44. The average Bonchev–Trinajstić information content (AvgIpc) is 3.13. The normalized spacial score (nSPS) is 17.3. The second kappa shape index (κ2) is 8.36. The maximum absolute atomic E-state index is 11.8. The van der Waals surface area contributed by atoms with E-state index in [0.29, 0.717) is 17.9 Å². The highest BCUT2D eigenvalue weighted by Gasteiger charge is 2.29. The molecular formula is C23H22N4O5S. The number of hydrogen-bond acceptors (Lipinski definition) is 7. The molecule has 1 aliphatic heterocycles. The molecule has 0 radical (unpaired) electrons. The fourth-order valence-corrected chi connectivity index (χ4v) is 4.62. The number of sulfone groups is 1. The van der Waals surface area contributed by atoms with E-state index in [4.69, 9.17) is 9.84 Å². The van der Waals surface area contributed by atoms with E-state index in [2.05, 4.69) is 4.98 Å². The SMILES string of the molecule is O=C(O)c1cc(OCCN2C=CS(=O)(=O)C=C2)c2c(C3CCC3)nn(-c3ccccc3)c2n1. The van der Waals surface area contributed by atoms with Crippen LogP contribution in [0.15, 0.2) is 59.6 Å². The van der Waals surface area contributed by atoms with Gasteiger partial charge in [-0.05, 0) is 25.0 Å². The monoisotopic (exact) mass is 466 g/mol. The molecule has 1 aliphatic carbocycles. The molecule has 1 saturated carbocycles. The molecule has 3 heterocycles. The van der Waals surface area contributed by atoms with E-state index in [0.717, 1.165) is 46.8 Å². The molecule has 9 nitrogen and oxygen atoms in total. The van der Waals surface area contributed by atoms with Gasteiger partial charge in [0, 0.05) is 24.4 Å². The van der Waals surface area contributed by atoms with Gasteiger partial charge < -0.3 is 14.7 Å².